The number of hydrogen-bond acceptors (Lipinski definition) is 4. The van der Waals surface area contributed by atoms with Gasteiger partial charge in [0.15, 0.2) is 0 Å². The molecule has 0 radical (unpaired) electrons. The first-order valence-corrected chi connectivity index (χ1v) is 6.80. The van der Waals surface area contributed by atoms with Crippen molar-refractivity contribution >= 4 is 16.9 Å². The van der Waals surface area contributed by atoms with Crippen molar-refractivity contribution in [2.24, 2.45) is 0 Å². The third-order valence-corrected chi connectivity index (χ3v) is 3.20. The van der Waals surface area contributed by atoms with Crippen LogP contribution in [0, 0.1) is 0 Å². The van der Waals surface area contributed by atoms with Crippen LogP contribution in [-0.2, 0) is 11.3 Å². The Bertz CT molecular complexity index is 766. The summed E-state index contributed by atoms with van der Waals surface area (Å²) in [6, 6.07) is 9.55. The van der Waals surface area contributed by atoms with E-state index in [0.29, 0.717) is 18.8 Å². The number of nitrogens with zero attached hydrogens (tertiary/aromatic N) is 3. The van der Waals surface area contributed by atoms with Crippen LogP contribution in [0.15, 0.2) is 48.9 Å². The monoisotopic (exact) mass is 281 g/mol. The first kappa shape index (κ1) is 13.3. The van der Waals surface area contributed by atoms with E-state index in [-0.39, 0.29) is 0 Å². The van der Waals surface area contributed by atoms with E-state index in [1.807, 2.05) is 30.5 Å². The molecule has 0 N–H and O–H groups in total. The number of carbonyl (C=O) groups is 1. The molecule has 5 nitrogen and oxygen atoms in total. The van der Waals surface area contributed by atoms with Crippen LogP contribution < -0.4 is 0 Å². The van der Waals surface area contributed by atoms with Crippen molar-refractivity contribution in [3.8, 4) is 0 Å². The van der Waals surface area contributed by atoms with Crippen LogP contribution in [0.5, 0.6) is 0 Å². The summed E-state index contributed by atoms with van der Waals surface area (Å²) in [5.74, 6) is -0.392. The Morgan fingerprint density at radius 2 is 2.19 bits per heavy atom. The fourth-order valence-corrected chi connectivity index (χ4v) is 2.21. The highest BCUT2D eigenvalue weighted by atomic mass is 16.5. The Kier molecular flexibility index (Phi) is 3.64. The lowest BCUT2D eigenvalue weighted by Gasteiger charge is -2.05. The van der Waals surface area contributed by atoms with E-state index >= 15 is 0 Å². The van der Waals surface area contributed by atoms with Crippen LogP contribution in [0.1, 0.15) is 23.1 Å². The van der Waals surface area contributed by atoms with Crippen molar-refractivity contribution in [1.29, 1.82) is 0 Å². The number of esters is 1. The molecule has 0 aliphatic rings. The van der Waals surface area contributed by atoms with Gasteiger partial charge in [0.1, 0.15) is 5.69 Å². The summed E-state index contributed by atoms with van der Waals surface area (Å²) in [5, 5.41) is 0.962. The summed E-state index contributed by atoms with van der Waals surface area (Å²) in [6.07, 6.45) is 5.44. The molecule has 0 fully saturated rings. The van der Waals surface area contributed by atoms with Gasteiger partial charge >= 0.3 is 5.97 Å². The number of rotatable bonds is 4. The van der Waals surface area contributed by atoms with E-state index in [9.17, 15) is 4.79 Å². The zero-order chi connectivity index (χ0) is 14.7. The molecule has 5 heteroatoms. The smallest absolute Gasteiger partial charge is 0.356 e. The molecule has 0 atom stereocenters. The molecule has 0 amide bonds. The predicted molar refractivity (Wildman–Crippen MR) is 79.0 cm³/mol. The lowest BCUT2D eigenvalue weighted by molar-refractivity contribution is 0.0519. The third kappa shape index (κ3) is 2.76. The van der Waals surface area contributed by atoms with Gasteiger partial charge in [-0.15, -0.1) is 0 Å². The van der Waals surface area contributed by atoms with Gasteiger partial charge in [-0.2, -0.15) is 0 Å². The van der Waals surface area contributed by atoms with Crippen molar-refractivity contribution in [2.75, 3.05) is 6.61 Å². The lowest BCUT2D eigenvalue weighted by Crippen LogP contribution is -2.07. The first-order valence-electron chi connectivity index (χ1n) is 6.80. The highest BCUT2D eigenvalue weighted by Crippen LogP contribution is 2.17. The zero-order valence-corrected chi connectivity index (χ0v) is 11.7. The van der Waals surface area contributed by atoms with Gasteiger partial charge in [-0.25, -0.2) is 9.78 Å². The van der Waals surface area contributed by atoms with E-state index in [2.05, 4.69) is 14.5 Å². The lowest BCUT2D eigenvalue weighted by atomic mass is 10.2. The summed E-state index contributed by atoms with van der Waals surface area (Å²) < 4.78 is 7.02. The van der Waals surface area contributed by atoms with E-state index in [1.54, 1.807) is 25.4 Å². The number of ether oxygens (including phenoxy) is 1. The van der Waals surface area contributed by atoms with Gasteiger partial charge < -0.3 is 9.30 Å². The molecule has 106 valence electrons. The number of fused-ring (bicyclic) bond motifs is 1. The fourth-order valence-electron chi connectivity index (χ4n) is 2.21. The van der Waals surface area contributed by atoms with Gasteiger partial charge in [0, 0.05) is 17.8 Å². The molecule has 0 spiro atoms. The third-order valence-electron chi connectivity index (χ3n) is 3.20. The minimum absolute atomic E-state index is 0.333. The molecule has 0 saturated heterocycles. The number of hydrogen-bond donors (Lipinski definition) is 0. The van der Waals surface area contributed by atoms with Crippen molar-refractivity contribution in [1.82, 2.24) is 14.5 Å². The van der Waals surface area contributed by atoms with Crippen molar-refractivity contribution in [2.45, 2.75) is 13.5 Å². The first-order chi connectivity index (χ1) is 10.3. The molecule has 3 heterocycles. The Labute approximate surface area is 122 Å². The number of pyridine rings is 2. The van der Waals surface area contributed by atoms with Crippen LogP contribution in [0.3, 0.4) is 0 Å². The molecule has 0 aromatic carbocycles. The molecule has 21 heavy (non-hydrogen) atoms. The molecule has 3 aromatic heterocycles. The van der Waals surface area contributed by atoms with Gasteiger partial charge in [-0.3, -0.25) is 4.98 Å². The van der Waals surface area contributed by atoms with Crippen LogP contribution in [0.2, 0.25) is 0 Å². The fraction of sp³-hybridized carbons (Fsp3) is 0.188. The summed E-state index contributed by atoms with van der Waals surface area (Å²) >= 11 is 0. The number of aromatic nitrogens is 3. The second-order valence-corrected chi connectivity index (χ2v) is 4.61. The molecule has 0 saturated carbocycles. The number of carbonyl (C=O) groups excluding carboxylic acids is 1. The van der Waals surface area contributed by atoms with E-state index < -0.39 is 5.97 Å². The quantitative estimate of drug-likeness (QED) is 0.690. The SMILES string of the molecule is CCOC(=O)c1cc2ccn(Cc3ccccn3)c2cn1. The average molecular weight is 281 g/mol. The average Bonchev–Trinajstić information content (AvgIpc) is 2.91. The molecule has 0 aliphatic heterocycles. The van der Waals surface area contributed by atoms with E-state index in [4.69, 9.17) is 4.74 Å². The summed E-state index contributed by atoms with van der Waals surface area (Å²) in [6.45, 7) is 2.80. The maximum absolute atomic E-state index is 11.7. The Morgan fingerprint density at radius 3 is 2.95 bits per heavy atom. The van der Waals surface area contributed by atoms with Gasteiger partial charge in [0.2, 0.25) is 0 Å². The summed E-state index contributed by atoms with van der Waals surface area (Å²) in [4.78, 5) is 20.2. The second-order valence-electron chi connectivity index (χ2n) is 4.61. The molecule has 3 aromatic rings. The second kappa shape index (κ2) is 5.75. The van der Waals surface area contributed by atoms with Crippen LogP contribution in [-0.4, -0.2) is 27.1 Å². The maximum Gasteiger partial charge on any atom is 0.356 e. The van der Waals surface area contributed by atoms with Gasteiger partial charge in [-0.05, 0) is 31.2 Å². The highest BCUT2D eigenvalue weighted by Gasteiger charge is 2.10. The summed E-state index contributed by atoms with van der Waals surface area (Å²) in [5.41, 5.74) is 2.28. The maximum atomic E-state index is 11.7. The molecule has 0 bridgehead atoms. The van der Waals surface area contributed by atoms with Crippen LogP contribution in [0.4, 0.5) is 0 Å². The standard InChI is InChI=1S/C16H15N3O2/c1-2-21-16(20)14-9-12-6-8-19(15(12)10-18-14)11-13-5-3-4-7-17-13/h3-10H,2,11H2,1H3. The topological polar surface area (TPSA) is 57.0 Å². The van der Waals surface area contributed by atoms with Crippen LogP contribution >= 0.6 is 0 Å². The Morgan fingerprint density at radius 1 is 1.29 bits per heavy atom. The largest absolute Gasteiger partial charge is 0.461 e. The minimum atomic E-state index is -0.392. The van der Waals surface area contributed by atoms with Crippen molar-refractivity contribution in [3.05, 3.63) is 60.3 Å². The molecule has 3 rings (SSSR count). The van der Waals surface area contributed by atoms with Crippen LogP contribution in [0.25, 0.3) is 10.9 Å². The van der Waals surface area contributed by atoms with Crippen molar-refractivity contribution in [3.63, 3.8) is 0 Å². The zero-order valence-electron chi connectivity index (χ0n) is 11.7. The Hall–Kier alpha value is -2.69. The minimum Gasteiger partial charge on any atom is -0.461 e. The predicted octanol–water partition coefficient (Wildman–Crippen LogP) is 2.66. The van der Waals surface area contributed by atoms with Crippen molar-refractivity contribution < 1.29 is 9.53 Å². The van der Waals surface area contributed by atoms with E-state index in [1.165, 1.54) is 0 Å². The molecule has 0 aliphatic carbocycles. The normalized spacial score (nSPS) is 10.7. The van der Waals surface area contributed by atoms with Gasteiger partial charge in [-0.1, -0.05) is 6.07 Å². The Balaban J connectivity index is 1.91. The van der Waals surface area contributed by atoms with Gasteiger partial charge in [0.05, 0.1) is 30.6 Å². The molecular weight excluding hydrogens is 266 g/mol. The highest BCUT2D eigenvalue weighted by molar-refractivity contribution is 5.92. The molecular formula is C16H15N3O2. The molecule has 0 unspecified atom stereocenters. The summed E-state index contributed by atoms with van der Waals surface area (Å²) in [7, 11) is 0. The van der Waals surface area contributed by atoms with Gasteiger partial charge in [0.25, 0.3) is 0 Å². The van der Waals surface area contributed by atoms with E-state index in [0.717, 1.165) is 16.6 Å².